The predicted molar refractivity (Wildman–Crippen MR) is 156 cm³/mol. The zero-order valence-electron chi connectivity index (χ0n) is 22.6. The number of aryl methyl sites for hydroxylation is 1. The van der Waals surface area contributed by atoms with Crippen molar-refractivity contribution in [1.82, 2.24) is 0 Å². The molecule has 0 saturated heterocycles. The lowest BCUT2D eigenvalue weighted by molar-refractivity contribution is 0.103. The topological polar surface area (TPSA) is 43.4 Å². The van der Waals surface area contributed by atoms with Crippen molar-refractivity contribution >= 4 is 11.6 Å². The molecule has 0 amide bonds. The van der Waals surface area contributed by atoms with Crippen LogP contribution in [0, 0.1) is 0 Å². The molecule has 4 aromatic rings. The molecule has 0 radical (unpaired) electrons. The number of carbonyl (C=O) groups excluding carboxylic acids is 2. The summed E-state index contributed by atoms with van der Waals surface area (Å²) in [6.07, 6.45) is 9.04. The molecule has 3 nitrogen and oxygen atoms in total. The van der Waals surface area contributed by atoms with Gasteiger partial charge in [0.2, 0.25) is 0 Å². The molecule has 196 valence electrons. The van der Waals surface area contributed by atoms with Crippen molar-refractivity contribution in [3.8, 4) is 5.75 Å². The summed E-state index contributed by atoms with van der Waals surface area (Å²) in [6.45, 7) is 2.25. The van der Waals surface area contributed by atoms with Crippen LogP contribution in [0.15, 0.2) is 109 Å². The van der Waals surface area contributed by atoms with Crippen LogP contribution in [0.1, 0.15) is 82.9 Å². The first-order valence-electron chi connectivity index (χ1n) is 13.5. The van der Waals surface area contributed by atoms with Gasteiger partial charge in [-0.25, -0.2) is 0 Å². The van der Waals surface area contributed by atoms with Gasteiger partial charge in [0.05, 0.1) is 7.11 Å². The van der Waals surface area contributed by atoms with Crippen molar-refractivity contribution in [3.05, 3.63) is 137 Å². The Hall–Kier alpha value is -3.98. The highest BCUT2D eigenvalue weighted by Crippen LogP contribution is 2.15. The second-order valence-electron chi connectivity index (χ2n) is 9.33. The average Bonchev–Trinajstić information content (AvgIpc) is 3.00. The highest BCUT2D eigenvalue weighted by molar-refractivity contribution is 6.09. The van der Waals surface area contributed by atoms with Crippen LogP contribution in [0.25, 0.3) is 0 Å². The maximum absolute atomic E-state index is 12.3. The van der Waals surface area contributed by atoms with E-state index in [9.17, 15) is 9.59 Å². The van der Waals surface area contributed by atoms with E-state index in [1.54, 1.807) is 31.4 Å². The van der Waals surface area contributed by atoms with Crippen LogP contribution in [-0.2, 0) is 6.42 Å². The van der Waals surface area contributed by atoms with Crippen LogP contribution < -0.4 is 4.74 Å². The molecule has 0 aliphatic rings. The maximum Gasteiger partial charge on any atom is 0.193 e. The number of carbonyl (C=O) groups is 2. The second kappa shape index (κ2) is 16.0. The number of benzene rings is 4. The Morgan fingerprint density at radius 1 is 0.526 bits per heavy atom. The monoisotopic (exact) mass is 506 g/mol. The van der Waals surface area contributed by atoms with Crippen molar-refractivity contribution in [2.45, 2.75) is 51.9 Å². The van der Waals surface area contributed by atoms with Crippen LogP contribution >= 0.6 is 0 Å². The third-order valence-electron chi connectivity index (χ3n) is 6.46. The van der Waals surface area contributed by atoms with Crippen LogP contribution in [0.5, 0.6) is 5.75 Å². The van der Waals surface area contributed by atoms with E-state index in [0.29, 0.717) is 11.1 Å². The second-order valence-corrected chi connectivity index (χ2v) is 9.33. The van der Waals surface area contributed by atoms with E-state index in [4.69, 9.17) is 4.74 Å². The van der Waals surface area contributed by atoms with Gasteiger partial charge in [0.1, 0.15) is 5.75 Å². The van der Waals surface area contributed by atoms with Crippen LogP contribution in [-0.4, -0.2) is 18.7 Å². The molecule has 0 unspecified atom stereocenters. The lowest BCUT2D eigenvalue weighted by atomic mass is 10.00. The van der Waals surface area contributed by atoms with Gasteiger partial charge >= 0.3 is 0 Å². The molecule has 3 heteroatoms. The minimum Gasteiger partial charge on any atom is -0.497 e. The standard InChI is InChI=1S/C21H26O.C14H12O2/c1-2-3-4-5-6-8-11-18-14-16-20(17-15-18)21(22)19-12-9-7-10-13-19;1-16-13-9-7-12(8-10-13)14(15)11-5-3-2-4-6-11/h7,9-10,12-17H,2-6,8,11H2,1H3;2-10H,1H3. The number of ether oxygens (including phenoxy) is 1. The Balaban J connectivity index is 0.000000221. The summed E-state index contributed by atoms with van der Waals surface area (Å²) < 4.78 is 5.04. The Bertz CT molecular complexity index is 1230. The molecular formula is C35H38O3. The smallest absolute Gasteiger partial charge is 0.193 e. The van der Waals surface area contributed by atoms with Crippen LogP contribution in [0.2, 0.25) is 0 Å². The summed E-state index contributed by atoms with van der Waals surface area (Å²) in [5.41, 5.74) is 4.24. The van der Waals surface area contributed by atoms with Gasteiger partial charge in [-0.05, 0) is 42.7 Å². The maximum atomic E-state index is 12.3. The molecule has 4 aromatic carbocycles. The Kier molecular flexibility index (Phi) is 12.0. The van der Waals surface area contributed by atoms with Gasteiger partial charge in [0.25, 0.3) is 0 Å². The Morgan fingerprint density at radius 3 is 1.42 bits per heavy atom. The van der Waals surface area contributed by atoms with Crippen molar-refractivity contribution in [1.29, 1.82) is 0 Å². The summed E-state index contributed by atoms with van der Waals surface area (Å²) in [7, 11) is 1.61. The quantitative estimate of drug-likeness (QED) is 0.142. The molecular weight excluding hydrogens is 468 g/mol. The first-order chi connectivity index (χ1) is 18.6. The number of methoxy groups -OCH3 is 1. The fourth-order valence-corrected chi connectivity index (χ4v) is 4.19. The summed E-state index contributed by atoms with van der Waals surface area (Å²) in [6, 6.07) is 33.9. The molecule has 0 fully saturated rings. The Labute approximate surface area is 227 Å². The third-order valence-corrected chi connectivity index (χ3v) is 6.46. The van der Waals surface area contributed by atoms with E-state index in [1.807, 2.05) is 72.8 Å². The first-order valence-corrected chi connectivity index (χ1v) is 13.5. The van der Waals surface area contributed by atoms with E-state index < -0.39 is 0 Å². The van der Waals surface area contributed by atoms with Crippen molar-refractivity contribution in [3.63, 3.8) is 0 Å². The lowest BCUT2D eigenvalue weighted by Gasteiger charge is -2.04. The van der Waals surface area contributed by atoms with Gasteiger partial charge in [-0.15, -0.1) is 0 Å². The number of unbranched alkanes of at least 4 members (excludes halogenated alkanes) is 5. The molecule has 0 aromatic heterocycles. The van der Waals surface area contributed by atoms with Crippen molar-refractivity contribution < 1.29 is 14.3 Å². The minimum atomic E-state index is 0.0308. The number of ketones is 2. The largest absolute Gasteiger partial charge is 0.497 e. The first kappa shape index (κ1) is 28.6. The Morgan fingerprint density at radius 2 is 0.947 bits per heavy atom. The molecule has 0 bridgehead atoms. The molecule has 0 N–H and O–H groups in total. The fourth-order valence-electron chi connectivity index (χ4n) is 4.19. The van der Waals surface area contributed by atoms with Crippen molar-refractivity contribution in [2.75, 3.05) is 7.11 Å². The summed E-state index contributed by atoms with van der Waals surface area (Å²) in [4.78, 5) is 24.3. The van der Waals surface area contributed by atoms with E-state index in [-0.39, 0.29) is 11.6 Å². The SMILES string of the molecule is CCCCCCCCc1ccc(C(=O)c2ccccc2)cc1.COc1ccc(C(=O)c2ccccc2)cc1. The van der Waals surface area contributed by atoms with E-state index in [1.165, 1.54) is 44.1 Å². The fraction of sp³-hybridized carbons (Fsp3) is 0.257. The normalized spacial score (nSPS) is 10.3. The van der Waals surface area contributed by atoms with E-state index in [2.05, 4.69) is 19.1 Å². The van der Waals surface area contributed by atoms with Crippen molar-refractivity contribution in [2.24, 2.45) is 0 Å². The number of rotatable bonds is 12. The summed E-state index contributed by atoms with van der Waals surface area (Å²) in [5, 5.41) is 0. The van der Waals surface area contributed by atoms with E-state index in [0.717, 1.165) is 23.3 Å². The molecule has 0 atom stereocenters. The zero-order valence-corrected chi connectivity index (χ0v) is 22.6. The lowest BCUT2D eigenvalue weighted by Crippen LogP contribution is -2.00. The average molecular weight is 507 g/mol. The molecule has 4 rings (SSSR count). The number of hydrogen-bond donors (Lipinski definition) is 0. The minimum absolute atomic E-state index is 0.0308. The van der Waals surface area contributed by atoms with Gasteiger partial charge in [-0.1, -0.05) is 124 Å². The molecule has 0 saturated carbocycles. The molecule has 0 aliphatic heterocycles. The van der Waals surface area contributed by atoms with Gasteiger partial charge in [-0.2, -0.15) is 0 Å². The van der Waals surface area contributed by atoms with Gasteiger partial charge in [-0.3, -0.25) is 9.59 Å². The van der Waals surface area contributed by atoms with E-state index >= 15 is 0 Å². The summed E-state index contributed by atoms with van der Waals surface area (Å²) in [5.74, 6) is 0.889. The third kappa shape index (κ3) is 9.15. The van der Waals surface area contributed by atoms with Crippen LogP contribution in [0.3, 0.4) is 0 Å². The number of hydrogen-bond acceptors (Lipinski definition) is 3. The summed E-state index contributed by atoms with van der Waals surface area (Å²) >= 11 is 0. The molecule has 0 aliphatic carbocycles. The molecule has 0 heterocycles. The van der Waals surface area contributed by atoms with Gasteiger partial charge in [0, 0.05) is 22.3 Å². The predicted octanol–water partition coefficient (Wildman–Crippen LogP) is 8.75. The molecule has 0 spiro atoms. The zero-order chi connectivity index (χ0) is 27.0. The van der Waals surface area contributed by atoms with Crippen LogP contribution in [0.4, 0.5) is 0 Å². The highest BCUT2D eigenvalue weighted by Gasteiger charge is 2.09. The molecule has 38 heavy (non-hydrogen) atoms. The highest BCUT2D eigenvalue weighted by atomic mass is 16.5. The van der Waals surface area contributed by atoms with Gasteiger partial charge in [0.15, 0.2) is 11.6 Å². The van der Waals surface area contributed by atoms with Gasteiger partial charge < -0.3 is 4.74 Å².